The summed E-state index contributed by atoms with van der Waals surface area (Å²) < 4.78 is 15.9. The van der Waals surface area contributed by atoms with Crippen LogP contribution < -0.4 is 0 Å². The van der Waals surface area contributed by atoms with Gasteiger partial charge in [-0.1, -0.05) is 30.3 Å². The molecule has 0 spiro atoms. The maximum atomic E-state index is 11.6. The van der Waals surface area contributed by atoms with Crippen LogP contribution in [-0.4, -0.2) is 27.7 Å². The minimum absolute atomic E-state index is 0.128. The molecule has 0 aliphatic carbocycles. The van der Waals surface area contributed by atoms with E-state index in [1.165, 1.54) is 6.92 Å². The summed E-state index contributed by atoms with van der Waals surface area (Å²) in [6.07, 6.45) is 0. The minimum atomic E-state index is -1.46. The third kappa shape index (κ3) is 4.35. The van der Waals surface area contributed by atoms with E-state index in [4.69, 9.17) is 0 Å². The molecule has 1 aromatic carbocycles. The first-order chi connectivity index (χ1) is 7.59. The van der Waals surface area contributed by atoms with E-state index in [9.17, 15) is 13.8 Å². The van der Waals surface area contributed by atoms with Gasteiger partial charge in [0.1, 0.15) is 0 Å². The van der Waals surface area contributed by atoms with Crippen LogP contribution in [-0.2, 0) is 20.3 Å². The maximum Gasteiger partial charge on any atom is 0.303 e. The Kier molecular flexibility index (Phi) is 4.85. The van der Waals surface area contributed by atoms with Crippen LogP contribution in [0, 0.1) is 0 Å². The van der Waals surface area contributed by atoms with E-state index in [0.29, 0.717) is 5.56 Å². The zero-order valence-electron chi connectivity index (χ0n) is 8.84. The molecule has 0 bridgehead atoms. The number of esters is 1. The highest BCUT2D eigenvalue weighted by molar-refractivity contribution is 7.85. The molecule has 0 heterocycles. The molecule has 16 heavy (non-hydrogen) atoms. The molecule has 0 aromatic heterocycles. The first-order valence-electron chi connectivity index (χ1n) is 4.66. The summed E-state index contributed by atoms with van der Waals surface area (Å²) in [5, 5.41) is 0. The van der Waals surface area contributed by atoms with Crippen LogP contribution >= 0.6 is 0 Å². The van der Waals surface area contributed by atoms with Gasteiger partial charge >= 0.3 is 5.97 Å². The lowest BCUT2D eigenvalue weighted by Crippen LogP contribution is -2.16. The van der Waals surface area contributed by atoms with Crippen molar-refractivity contribution in [1.29, 1.82) is 0 Å². The average molecular weight is 240 g/mol. The van der Waals surface area contributed by atoms with Crippen LogP contribution in [0.5, 0.6) is 0 Å². The van der Waals surface area contributed by atoms with Gasteiger partial charge < -0.3 is 4.74 Å². The lowest BCUT2D eigenvalue weighted by atomic mass is 10.2. The fraction of sp³-hybridized carbons (Fsp3) is 0.273. The Bertz CT molecular complexity index is 400. The monoisotopic (exact) mass is 240 g/mol. The third-order valence-corrected chi connectivity index (χ3v) is 2.75. The minimum Gasteiger partial charge on any atom is -0.452 e. The van der Waals surface area contributed by atoms with E-state index < -0.39 is 16.8 Å². The summed E-state index contributed by atoms with van der Waals surface area (Å²) in [7, 11) is -1.46. The van der Waals surface area contributed by atoms with Crippen LogP contribution in [0.4, 0.5) is 0 Å². The smallest absolute Gasteiger partial charge is 0.303 e. The van der Waals surface area contributed by atoms with E-state index in [0.717, 1.165) is 0 Å². The first kappa shape index (κ1) is 12.6. The second-order valence-corrected chi connectivity index (χ2v) is 4.53. The number of hydrogen-bond donors (Lipinski definition) is 0. The van der Waals surface area contributed by atoms with Crippen molar-refractivity contribution in [2.75, 3.05) is 11.7 Å². The number of ketones is 1. The van der Waals surface area contributed by atoms with Crippen molar-refractivity contribution in [2.45, 2.75) is 6.92 Å². The highest BCUT2D eigenvalue weighted by atomic mass is 32.2. The normalized spacial score (nSPS) is 11.8. The highest BCUT2D eigenvalue weighted by Gasteiger charge is 2.10. The molecular formula is C11H12O4S. The Morgan fingerprint density at radius 3 is 2.44 bits per heavy atom. The fourth-order valence-corrected chi connectivity index (χ4v) is 1.88. The number of carbonyl (C=O) groups is 2. The predicted molar refractivity (Wildman–Crippen MR) is 60.4 cm³/mol. The van der Waals surface area contributed by atoms with E-state index in [-0.39, 0.29) is 17.5 Å². The number of Topliss-reactive ketones (excluding diaryl/α,β-unsaturated/α-hetero) is 1. The van der Waals surface area contributed by atoms with E-state index in [1.807, 2.05) is 0 Å². The van der Waals surface area contributed by atoms with Gasteiger partial charge in [0, 0.05) is 12.5 Å². The van der Waals surface area contributed by atoms with Crippen molar-refractivity contribution in [1.82, 2.24) is 0 Å². The SMILES string of the molecule is CC(=O)OC[S@](=O)CC(=O)c1ccccc1. The third-order valence-electron chi connectivity index (χ3n) is 1.78. The van der Waals surface area contributed by atoms with Crippen molar-refractivity contribution in [3.63, 3.8) is 0 Å². The van der Waals surface area contributed by atoms with Crippen LogP contribution in [0.2, 0.25) is 0 Å². The van der Waals surface area contributed by atoms with Crippen molar-refractivity contribution in [3.05, 3.63) is 35.9 Å². The standard InChI is InChI=1S/C11H12O4S/c1-9(12)15-8-16(14)7-11(13)10-5-3-2-4-6-10/h2-6H,7-8H2,1H3/t16-/m1/s1. The van der Waals surface area contributed by atoms with Gasteiger partial charge in [-0.15, -0.1) is 0 Å². The van der Waals surface area contributed by atoms with Gasteiger partial charge in [-0.3, -0.25) is 13.8 Å². The Morgan fingerprint density at radius 1 is 1.25 bits per heavy atom. The molecule has 5 heteroatoms. The quantitative estimate of drug-likeness (QED) is 0.572. The molecule has 0 aliphatic rings. The maximum absolute atomic E-state index is 11.6. The molecule has 0 N–H and O–H groups in total. The first-order valence-corrected chi connectivity index (χ1v) is 6.15. The summed E-state index contributed by atoms with van der Waals surface area (Å²) in [6, 6.07) is 8.59. The van der Waals surface area contributed by atoms with Gasteiger partial charge in [0.25, 0.3) is 0 Å². The molecule has 4 nitrogen and oxygen atoms in total. The molecule has 1 aromatic rings. The lowest BCUT2D eigenvalue weighted by Gasteiger charge is -2.02. The van der Waals surface area contributed by atoms with Crippen molar-refractivity contribution >= 4 is 22.6 Å². The van der Waals surface area contributed by atoms with Crippen LogP contribution in [0.25, 0.3) is 0 Å². The molecule has 0 fully saturated rings. The van der Waals surface area contributed by atoms with Crippen LogP contribution in [0.1, 0.15) is 17.3 Å². The molecule has 1 rings (SSSR count). The van der Waals surface area contributed by atoms with Gasteiger partial charge in [0.2, 0.25) is 0 Å². The van der Waals surface area contributed by atoms with Gasteiger partial charge in [-0.05, 0) is 0 Å². The number of ether oxygens (including phenoxy) is 1. The Balaban J connectivity index is 2.46. The molecule has 0 unspecified atom stereocenters. The van der Waals surface area contributed by atoms with E-state index in [1.54, 1.807) is 30.3 Å². The fourth-order valence-electron chi connectivity index (χ4n) is 1.04. The average Bonchev–Trinajstić information content (AvgIpc) is 2.27. The number of rotatable bonds is 5. The summed E-state index contributed by atoms with van der Waals surface area (Å²) in [6.45, 7) is 1.23. The Morgan fingerprint density at radius 2 is 1.88 bits per heavy atom. The lowest BCUT2D eigenvalue weighted by molar-refractivity contribution is -0.138. The number of hydrogen-bond acceptors (Lipinski definition) is 4. The zero-order valence-corrected chi connectivity index (χ0v) is 9.66. The van der Waals surface area contributed by atoms with E-state index in [2.05, 4.69) is 4.74 Å². The topological polar surface area (TPSA) is 60.4 Å². The Hall–Kier alpha value is -1.49. The van der Waals surface area contributed by atoms with Crippen molar-refractivity contribution in [3.8, 4) is 0 Å². The molecule has 0 saturated heterocycles. The summed E-state index contributed by atoms with van der Waals surface area (Å²) in [5.74, 6) is -1.07. The van der Waals surface area contributed by atoms with Gasteiger partial charge in [0.15, 0.2) is 11.7 Å². The van der Waals surface area contributed by atoms with E-state index >= 15 is 0 Å². The summed E-state index contributed by atoms with van der Waals surface area (Å²) in [5.41, 5.74) is 0.513. The summed E-state index contributed by atoms with van der Waals surface area (Å²) >= 11 is 0. The molecule has 0 aliphatic heterocycles. The van der Waals surface area contributed by atoms with Crippen molar-refractivity contribution < 1.29 is 18.5 Å². The van der Waals surface area contributed by atoms with Gasteiger partial charge in [-0.25, -0.2) is 0 Å². The largest absolute Gasteiger partial charge is 0.452 e. The number of benzene rings is 1. The molecule has 0 radical (unpaired) electrons. The second kappa shape index (κ2) is 6.17. The predicted octanol–water partition coefficient (Wildman–Crippen LogP) is 1.14. The molecule has 86 valence electrons. The van der Waals surface area contributed by atoms with Crippen LogP contribution in [0.15, 0.2) is 30.3 Å². The number of carbonyl (C=O) groups excluding carboxylic acids is 2. The molecule has 1 atom stereocenters. The van der Waals surface area contributed by atoms with Crippen molar-refractivity contribution in [2.24, 2.45) is 0 Å². The Labute approximate surface area is 96.1 Å². The second-order valence-electron chi connectivity index (χ2n) is 3.13. The zero-order chi connectivity index (χ0) is 12.0. The molecule has 0 saturated carbocycles. The molecular weight excluding hydrogens is 228 g/mol. The van der Waals surface area contributed by atoms with Gasteiger partial charge in [0.05, 0.1) is 16.6 Å². The summed E-state index contributed by atoms with van der Waals surface area (Å²) in [4.78, 5) is 22.0. The highest BCUT2D eigenvalue weighted by Crippen LogP contribution is 2.01. The molecule has 0 amide bonds. The van der Waals surface area contributed by atoms with Gasteiger partial charge in [-0.2, -0.15) is 0 Å². The van der Waals surface area contributed by atoms with Crippen LogP contribution in [0.3, 0.4) is 0 Å².